The van der Waals surface area contributed by atoms with Crippen LogP contribution in [-0.2, 0) is 21.4 Å². The second-order valence-corrected chi connectivity index (χ2v) is 7.68. The quantitative estimate of drug-likeness (QED) is 0.509. The van der Waals surface area contributed by atoms with Crippen LogP contribution in [0, 0.1) is 0 Å². The summed E-state index contributed by atoms with van der Waals surface area (Å²) >= 11 is 0. The van der Waals surface area contributed by atoms with Crippen molar-refractivity contribution in [3.63, 3.8) is 0 Å². The third kappa shape index (κ3) is 5.40. The molecule has 2 aromatic carbocycles. The molecule has 0 radical (unpaired) electrons. The Morgan fingerprint density at radius 3 is 2.21 bits per heavy atom. The molecule has 0 spiro atoms. The average molecular weight is 405 g/mol. The van der Waals surface area contributed by atoms with Gasteiger partial charge >= 0.3 is 5.97 Å². The zero-order chi connectivity index (χ0) is 20.7. The summed E-state index contributed by atoms with van der Waals surface area (Å²) < 4.78 is 37.1. The Morgan fingerprint density at radius 2 is 1.64 bits per heavy atom. The Bertz CT molecular complexity index is 951. The van der Waals surface area contributed by atoms with Crippen LogP contribution in [0.3, 0.4) is 0 Å². The average Bonchev–Trinajstić information content (AvgIpc) is 2.67. The molecule has 150 valence electrons. The molecule has 0 saturated heterocycles. The molecule has 0 unspecified atom stereocenters. The van der Waals surface area contributed by atoms with Crippen molar-refractivity contribution < 1.29 is 27.5 Å². The lowest BCUT2D eigenvalue weighted by atomic mass is 10.1. The molecular weight excluding hydrogens is 382 g/mol. The number of hydrogen-bond acceptors (Lipinski definition) is 6. The van der Waals surface area contributed by atoms with E-state index in [1.54, 1.807) is 25.1 Å². The van der Waals surface area contributed by atoms with Crippen LogP contribution in [0.25, 0.3) is 0 Å². The van der Waals surface area contributed by atoms with Crippen molar-refractivity contribution in [1.29, 1.82) is 0 Å². The number of sulfonamides is 1. The van der Waals surface area contributed by atoms with Crippen LogP contribution in [0.15, 0.2) is 47.4 Å². The van der Waals surface area contributed by atoms with Crippen LogP contribution in [0.5, 0.6) is 5.75 Å². The molecule has 0 fully saturated rings. The lowest BCUT2D eigenvalue weighted by molar-refractivity contribution is 0.0469. The third-order valence-electron chi connectivity index (χ3n) is 3.86. The van der Waals surface area contributed by atoms with Gasteiger partial charge in [-0.2, -0.15) is 0 Å². The fraction of sp³-hybridized carbons (Fsp3) is 0.300. The third-order valence-corrected chi connectivity index (χ3v) is 5.42. The minimum Gasteiger partial charge on any atom is -0.493 e. The maximum atomic E-state index is 12.3. The van der Waals surface area contributed by atoms with E-state index in [4.69, 9.17) is 9.47 Å². The molecular formula is C20H23NO6S. The molecule has 2 rings (SSSR count). The van der Waals surface area contributed by atoms with E-state index in [-0.39, 0.29) is 29.4 Å². The van der Waals surface area contributed by atoms with Gasteiger partial charge in [0.2, 0.25) is 10.0 Å². The summed E-state index contributed by atoms with van der Waals surface area (Å²) in [6, 6.07) is 10.4. The molecule has 0 atom stereocenters. The largest absolute Gasteiger partial charge is 0.493 e. The van der Waals surface area contributed by atoms with Gasteiger partial charge in [-0.1, -0.05) is 6.92 Å². The minimum absolute atomic E-state index is 0.0682. The highest BCUT2D eigenvalue weighted by Gasteiger charge is 2.15. The van der Waals surface area contributed by atoms with Gasteiger partial charge in [-0.05, 0) is 56.3 Å². The van der Waals surface area contributed by atoms with E-state index >= 15 is 0 Å². The van der Waals surface area contributed by atoms with Crippen molar-refractivity contribution in [2.45, 2.75) is 32.3 Å². The summed E-state index contributed by atoms with van der Waals surface area (Å²) in [4.78, 5) is 23.9. The molecule has 8 heteroatoms. The first-order valence-electron chi connectivity index (χ1n) is 8.82. The normalized spacial score (nSPS) is 11.1. The predicted octanol–water partition coefficient (Wildman–Crippen LogP) is 2.94. The Morgan fingerprint density at radius 1 is 1.00 bits per heavy atom. The number of Topliss-reactive ketones (excluding diaryl/α,β-unsaturated/α-hetero) is 1. The number of benzene rings is 2. The Hall–Kier alpha value is -2.71. The highest BCUT2D eigenvalue weighted by atomic mass is 32.2. The van der Waals surface area contributed by atoms with Crippen molar-refractivity contribution in [2.75, 3.05) is 13.2 Å². The van der Waals surface area contributed by atoms with Crippen LogP contribution in [0.2, 0.25) is 0 Å². The number of nitrogens with one attached hydrogen (secondary N) is 1. The Balaban J connectivity index is 2.13. The maximum absolute atomic E-state index is 12.3. The van der Waals surface area contributed by atoms with Gasteiger partial charge in [0.15, 0.2) is 5.78 Å². The number of ketones is 1. The zero-order valence-electron chi connectivity index (χ0n) is 16.0. The molecule has 2 aromatic rings. The predicted molar refractivity (Wildman–Crippen MR) is 104 cm³/mol. The second kappa shape index (κ2) is 9.48. The number of hydrogen-bond donors (Lipinski definition) is 1. The minimum atomic E-state index is -3.58. The second-order valence-electron chi connectivity index (χ2n) is 5.91. The van der Waals surface area contributed by atoms with Crippen LogP contribution < -0.4 is 9.46 Å². The van der Waals surface area contributed by atoms with Gasteiger partial charge in [0.25, 0.3) is 0 Å². The molecule has 7 nitrogen and oxygen atoms in total. The molecule has 0 aliphatic heterocycles. The molecule has 0 heterocycles. The summed E-state index contributed by atoms with van der Waals surface area (Å²) in [5.74, 6) is -0.177. The van der Waals surface area contributed by atoms with Crippen LogP contribution >= 0.6 is 0 Å². The fourth-order valence-electron chi connectivity index (χ4n) is 2.48. The number of carbonyl (C=O) groups excluding carboxylic acids is 2. The van der Waals surface area contributed by atoms with Crippen molar-refractivity contribution in [3.8, 4) is 5.75 Å². The molecule has 0 saturated carbocycles. The molecule has 0 amide bonds. The molecule has 0 bridgehead atoms. The van der Waals surface area contributed by atoms with E-state index in [1.807, 2.05) is 6.92 Å². The van der Waals surface area contributed by atoms with E-state index < -0.39 is 16.0 Å². The van der Waals surface area contributed by atoms with Crippen molar-refractivity contribution >= 4 is 21.8 Å². The van der Waals surface area contributed by atoms with Crippen molar-refractivity contribution in [2.24, 2.45) is 0 Å². The highest BCUT2D eigenvalue weighted by Crippen LogP contribution is 2.22. The van der Waals surface area contributed by atoms with Gasteiger partial charge in [0.1, 0.15) is 12.4 Å². The van der Waals surface area contributed by atoms with Gasteiger partial charge in [0, 0.05) is 17.7 Å². The van der Waals surface area contributed by atoms with E-state index in [0.29, 0.717) is 23.5 Å². The van der Waals surface area contributed by atoms with E-state index in [9.17, 15) is 18.0 Å². The van der Waals surface area contributed by atoms with Gasteiger partial charge in [-0.25, -0.2) is 17.9 Å². The summed E-state index contributed by atoms with van der Waals surface area (Å²) in [5.41, 5.74) is 1.29. The van der Waals surface area contributed by atoms with E-state index in [2.05, 4.69) is 4.72 Å². The van der Waals surface area contributed by atoms with Crippen LogP contribution in [0.4, 0.5) is 0 Å². The van der Waals surface area contributed by atoms with Gasteiger partial charge in [-0.3, -0.25) is 4.79 Å². The first-order valence-corrected chi connectivity index (χ1v) is 10.3. The van der Waals surface area contributed by atoms with Gasteiger partial charge in [0.05, 0.1) is 17.1 Å². The van der Waals surface area contributed by atoms with Crippen molar-refractivity contribution in [3.05, 3.63) is 59.2 Å². The van der Waals surface area contributed by atoms with Gasteiger partial charge < -0.3 is 9.47 Å². The summed E-state index contributed by atoms with van der Waals surface area (Å²) in [6.07, 6.45) is 0. The first kappa shape index (κ1) is 21.6. The van der Waals surface area contributed by atoms with Gasteiger partial charge in [-0.15, -0.1) is 0 Å². The Labute approximate surface area is 164 Å². The monoisotopic (exact) mass is 405 g/mol. The molecule has 0 aliphatic rings. The summed E-state index contributed by atoms with van der Waals surface area (Å²) in [5, 5.41) is 0. The summed E-state index contributed by atoms with van der Waals surface area (Å²) in [6.45, 7) is 5.59. The molecule has 0 aliphatic carbocycles. The van der Waals surface area contributed by atoms with Crippen molar-refractivity contribution in [1.82, 2.24) is 4.72 Å². The topological polar surface area (TPSA) is 98.8 Å². The molecule has 28 heavy (non-hydrogen) atoms. The maximum Gasteiger partial charge on any atom is 0.338 e. The number of rotatable bonds is 9. The smallest absolute Gasteiger partial charge is 0.338 e. The molecule has 1 N–H and O–H groups in total. The van der Waals surface area contributed by atoms with Crippen LogP contribution in [-0.4, -0.2) is 33.3 Å². The highest BCUT2D eigenvalue weighted by molar-refractivity contribution is 7.89. The number of carbonyl (C=O) groups is 2. The van der Waals surface area contributed by atoms with E-state index in [1.165, 1.54) is 31.2 Å². The zero-order valence-corrected chi connectivity index (χ0v) is 16.8. The van der Waals surface area contributed by atoms with E-state index in [0.717, 1.165) is 0 Å². The SMILES string of the molecule is CCNS(=O)(=O)c1ccc(C(=O)OCc2cc(C(C)=O)ccc2OCC)cc1. The Kier molecular flexibility index (Phi) is 7.31. The molecule has 0 aromatic heterocycles. The lowest BCUT2D eigenvalue weighted by Crippen LogP contribution is -2.23. The first-order chi connectivity index (χ1) is 13.3. The number of ether oxygens (including phenoxy) is 2. The lowest BCUT2D eigenvalue weighted by Gasteiger charge is -2.12. The standard InChI is InChI=1S/C20H23NO6S/c1-4-21-28(24,25)18-9-6-15(7-10-18)20(23)27-13-17-12-16(14(3)22)8-11-19(17)26-5-2/h6-12,21H,4-5,13H2,1-3H3. The fourth-order valence-corrected chi connectivity index (χ4v) is 3.52. The summed E-state index contributed by atoms with van der Waals surface area (Å²) in [7, 11) is -3.58. The number of esters is 1. The van der Waals surface area contributed by atoms with Crippen LogP contribution in [0.1, 0.15) is 47.1 Å².